The van der Waals surface area contributed by atoms with Crippen LogP contribution in [0.1, 0.15) is 57.4 Å². The number of nitrogens with one attached hydrogen (secondary N) is 1. The second-order valence-electron chi connectivity index (χ2n) is 15.0. The van der Waals surface area contributed by atoms with Crippen molar-refractivity contribution in [2.45, 2.75) is 76.0 Å². The van der Waals surface area contributed by atoms with Gasteiger partial charge in [0.1, 0.15) is 22.9 Å². The number of phenolic OH excluding ortho intramolecular Hbond substituents is 1. The molecule has 1 aromatic heterocycles. The highest BCUT2D eigenvalue weighted by atomic mass is 19.1. The van der Waals surface area contributed by atoms with Gasteiger partial charge in [-0.2, -0.15) is 9.97 Å². The number of halogens is 2. The van der Waals surface area contributed by atoms with E-state index in [0.717, 1.165) is 81.1 Å². The number of phenols is 1. The fourth-order valence-corrected chi connectivity index (χ4v) is 8.78. The van der Waals surface area contributed by atoms with Gasteiger partial charge < -0.3 is 29.7 Å². The Hall–Kier alpha value is -3.60. The zero-order valence-electron chi connectivity index (χ0n) is 27.5. The van der Waals surface area contributed by atoms with Gasteiger partial charge in [0.2, 0.25) is 0 Å². The second-order valence-corrected chi connectivity index (χ2v) is 15.0. The quantitative estimate of drug-likeness (QED) is 0.227. The zero-order valence-corrected chi connectivity index (χ0v) is 27.5. The Bertz CT molecular complexity index is 1890. The maximum Gasteiger partial charge on any atom is 0.319 e. The Kier molecular flexibility index (Phi) is 7.29. The number of rotatable bonds is 8. The SMILES string of the molecule is CCc1cccc2cc(O)cc(-c3c(F)cc4c(N5CC6CCC(C5)N6)nc(OCC5(CN6CCC7(CCO7)CC6)CC5)nc4c3F)c12. The van der Waals surface area contributed by atoms with E-state index in [1.807, 2.05) is 25.1 Å². The summed E-state index contributed by atoms with van der Waals surface area (Å²) >= 11 is 0. The number of aromatic nitrogens is 2. The molecule has 5 heterocycles. The highest BCUT2D eigenvalue weighted by Gasteiger charge is 2.48. The van der Waals surface area contributed by atoms with E-state index < -0.39 is 11.6 Å². The first-order valence-electron chi connectivity index (χ1n) is 17.8. The van der Waals surface area contributed by atoms with E-state index in [0.29, 0.717) is 55.0 Å². The topological polar surface area (TPSA) is 83.0 Å². The molecule has 252 valence electrons. The van der Waals surface area contributed by atoms with Crippen LogP contribution in [0.5, 0.6) is 11.8 Å². The molecule has 4 aromatic rings. The second kappa shape index (κ2) is 11.5. The molecule has 2 N–H and O–H groups in total. The van der Waals surface area contributed by atoms with Crippen molar-refractivity contribution < 1.29 is 23.4 Å². The molecule has 1 aliphatic carbocycles. The molecule has 8 nitrogen and oxygen atoms in total. The summed E-state index contributed by atoms with van der Waals surface area (Å²) in [5.41, 5.74) is 1.25. The van der Waals surface area contributed by atoms with Crippen molar-refractivity contribution in [3.8, 4) is 22.9 Å². The van der Waals surface area contributed by atoms with Crippen molar-refractivity contribution in [1.82, 2.24) is 20.2 Å². The molecule has 48 heavy (non-hydrogen) atoms. The highest BCUT2D eigenvalue weighted by Crippen LogP contribution is 2.48. The van der Waals surface area contributed by atoms with Crippen molar-refractivity contribution in [3.63, 3.8) is 0 Å². The lowest BCUT2D eigenvalue weighted by atomic mass is 9.84. The largest absolute Gasteiger partial charge is 0.508 e. The summed E-state index contributed by atoms with van der Waals surface area (Å²) in [5.74, 6) is -1.01. The molecular weight excluding hydrogens is 612 g/mol. The number of likely N-dealkylation sites (tertiary alicyclic amines) is 1. The van der Waals surface area contributed by atoms with Gasteiger partial charge in [-0.05, 0) is 91.5 Å². The fourth-order valence-electron chi connectivity index (χ4n) is 8.78. The molecule has 9 rings (SSSR count). The summed E-state index contributed by atoms with van der Waals surface area (Å²) in [4.78, 5) is 14.2. The minimum absolute atomic E-state index is 0.0289. The lowest BCUT2D eigenvalue weighted by Gasteiger charge is -2.48. The van der Waals surface area contributed by atoms with Gasteiger partial charge in [0.15, 0.2) is 5.82 Å². The number of aryl methyl sites for hydroxylation is 1. The first-order valence-corrected chi connectivity index (χ1v) is 17.8. The van der Waals surface area contributed by atoms with Crippen LogP contribution >= 0.6 is 0 Å². The summed E-state index contributed by atoms with van der Waals surface area (Å²) in [7, 11) is 0. The van der Waals surface area contributed by atoms with Crippen LogP contribution in [-0.2, 0) is 11.2 Å². The van der Waals surface area contributed by atoms with Crippen molar-refractivity contribution in [2.75, 3.05) is 50.8 Å². The number of hydrogen-bond acceptors (Lipinski definition) is 8. The molecule has 2 unspecified atom stereocenters. The molecule has 1 saturated carbocycles. The van der Waals surface area contributed by atoms with E-state index in [2.05, 4.69) is 20.1 Å². The average Bonchev–Trinajstić information content (AvgIpc) is 3.76. The normalized spacial score (nSPS) is 24.4. The molecule has 4 aliphatic heterocycles. The predicted octanol–water partition coefficient (Wildman–Crippen LogP) is 6.35. The molecule has 4 saturated heterocycles. The molecule has 0 radical (unpaired) electrons. The van der Waals surface area contributed by atoms with Crippen molar-refractivity contribution >= 4 is 27.5 Å². The predicted molar refractivity (Wildman–Crippen MR) is 182 cm³/mol. The van der Waals surface area contributed by atoms with E-state index in [9.17, 15) is 5.11 Å². The molecule has 5 fully saturated rings. The molecule has 0 amide bonds. The van der Waals surface area contributed by atoms with Crippen molar-refractivity contribution in [1.29, 1.82) is 0 Å². The summed E-state index contributed by atoms with van der Waals surface area (Å²) in [6.45, 7) is 7.79. The van der Waals surface area contributed by atoms with E-state index in [1.165, 1.54) is 18.6 Å². The molecule has 10 heteroatoms. The van der Waals surface area contributed by atoms with Crippen LogP contribution < -0.4 is 15.0 Å². The smallest absolute Gasteiger partial charge is 0.319 e. The highest BCUT2D eigenvalue weighted by molar-refractivity contribution is 6.03. The number of aromatic hydroxyl groups is 1. The van der Waals surface area contributed by atoms with Crippen LogP contribution in [0.4, 0.5) is 14.6 Å². The summed E-state index contributed by atoms with van der Waals surface area (Å²) in [5, 5.41) is 16.1. The lowest BCUT2D eigenvalue weighted by Crippen LogP contribution is -2.53. The first kappa shape index (κ1) is 30.5. The third-order valence-electron chi connectivity index (χ3n) is 11.8. The number of piperidine rings is 1. The number of fused-ring (bicyclic) bond motifs is 4. The number of benzene rings is 3. The van der Waals surface area contributed by atoms with Gasteiger partial charge in [0.05, 0.1) is 24.4 Å². The number of ether oxygens (including phenoxy) is 2. The number of piperazine rings is 1. The molecule has 1 spiro atoms. The van der Waals surface area contributed by atoms with Gasteiger partial charge in [-0.1, -0.05) is 25.1 Å². The van der Waals surface area contributed by atoms with E-state index >= 15 is 8.78 Å². The van der Waals surface area contributed by atoms with Gasteiger partial charge in [0, 0.05) is 55.6 Å². The van der Waals surface area contributed by atoms with E-state index in [-0.39, 0.29) is 33.9 Å². The third-order valence-corrected chi connectivity index (χ3v) is 11.8. The maximum absolute atomic E-state index is 17.0. The standard InChI is InChI=1S/C38H43F2N5O3/c1-2-23-4-3-5-24-16-27(46)17-28(31(23)24)32-30(39)18-29-34(33(32)40)42-36(43-35(29)45-19-25-6-7-26(20-45)41-25)47-22-37(8-9-37)21-44-13-10-38(11-14-44)12-15-48-38/h3-5,16-18,25-26,41,46H,2,6-15,19-22H2,1H3. The molecular formula is C38H43F2N5O3. The average molecular weight is 656 g/mol. The fraction of sp³-hybridized carbons (Fsp3) is 0.526. The third kappa shape index (κ3) is 5.27. The van der Waals surface area contributed by atoms with Gasteiger partial charge in [-0.15, -0.1) is 0 Å². The zero-order chi connectivity index (χ0) is 32.6. The molecule has 3 aromatic carbocycles. The maximum atomic E-state index is 17.0. The minimum Gasteiger partial charge on any atom is -0.508 e. The van der Waals surface area contributed by atoms with Gasteiger partial charge in [-0.3, -0.25) is 0 Å². The molecule has 2 bridgehead atoms. The minimum atomic E-state index is -0.768. The Morgan fingerprint density at radius 1 is 1.02 bits per heavy atom. The Morgan fingerprint density at radius 2 is 1.79 bits per heavy atom. The monoisotopic (exact) mass is 655 g/mol. The van der Waals surface area contributed by atoms with Crippen molar-refractivity contribution in [2.24, 2.45) is 5.41 Å². The van der Waals surface area contributed by atoms with Crippen molar-refractivity contribution in [3.05, 3.63) is 53.6 Å². The molecule has 2 atom stereocenters. The summed E-state index contributed by atoms with van der Waals surface area (Å²) in [6, 6.07) is 10.9. The number of anilines is 1. The number of hydrogen-bond donors (Lipinski definition) is 2. The first-order chi connectivity index (χ1) is 23.3. The molecule has 5 aliphatic rings. The Morgan fingerprint density at radius 3 is 2.48 bits per heavy atom. The van der Waals surface area contributed by atoms with Gasteiger partial charge in [-0.25, -0.2) is 8.78 Å². The lowest BCUT2D eigenvalue weighted by molar-refractivity contribution is -0.173. The Balaban J connectivity index is 1.09. The van der Waals surface area contributed by atoms with E-state index in [4.69, 9.17) is 14.5 Å². The van der Waals surface area contributed by atoms with Crippen LogP contribution in [0.15, 0.2) is 36.4 Å². The summed E-state index contributed by atoms with van der Waals surface area (Å²) < 4.78 is 45.6. The summed E-state index contributed by atoms with van der Waals surface area (Å²) in [6.07, 6.45) is 8.29. The Labute approximate surface area is 279 Å². The van der Waals surface area contributed by atoms with Gasteiger partial charge in [0.25, 0.3) is 0 Å². The van der Waals surface area contributed by atoms with Gasteiger partial charge >= 0.3 is 6.01 Å². The van der Waals surface area contributed by atoms with Crippen LogP contribution in [0.2, 0.25) is 0 Å². The van der Waals surface area contributed by atoms with Crippen LogP contribution in [0.3, 0.4) is 0 Å². The van der Waals surface area contributed by atoms with E-state index in [1.54, 1.807) is 6.07 Å². The van der Waals surface area contributed by atoms with Crippen LogP contribution in [0, 0.1) is 17.0 Å². The van der Waals surface area contributed by atoms with Crippen LogP contribution in [-0.4, -0.2) is 83.6 Å². The van der Waals surface area contributed by atoms with Crippen LogP contribution in [0.25, 0.3) is 32.8 Å². The number of nitrogens with zero attached hydrogens (tertiary/aromatic N) is 4.